The number of nitrogens with zero attached hydrogens (tertiary/aromatic N) is 1. The van der Waals surface area contributed by atoms with Gasteiger partial charge in [-0.05, 0) is 0 Å². The molecular weight excluding hydrogens is 369 g/mol. The van der Waals surface area contributed by atoms with Crippen LogP contribution in [0.3, 0.4) is 0 Å². The fourth-order valence-corrected chi connectivity index (χ4v) is 4.61. The molecule has 1 atom stereocenters. The molecule has 0 spiro atoms. The lowest BCUT2D eigenvalue weighted by molar-refractivity contribution is -0.591. The molecule has 0 aliphatic heterocycles. The van der Waals surface area contributed by atoms with Crippen molar-refractivity contribution in [1.82, 2.24) is 0 Å². The number of hydroxylamine groups is 1. The van der Waals surface area contributed by atoms with Gasteiger partial charge in [0.2, 0.25) is 0 Å². The van der Waals surface area contributed by atoms with Gasteiger partial charge in [0.05, 0.1) is 7.05 Å². The average Bonchev–Trinajstić information content (AvgIpc) is 2.12. The third-order valence-electron chi connectivity index (χ3n) is 1.77. The van der Waals surface area contributed by atoms with Crippen LogP contribution >= 0.6 is 0 Å². The molecule has 0 fully saturated rings. The maximum atomic E-state index is 12.8. The SMILES string of the molecule is C[N+]([O-])(S(=O)(=O)C(F)(F)F)S(=O)(=O)C(F)(F)S(=O)(=O)O. The van der Waals surface area contributed by atoms with Gasteiger partial charge < -0.3 is 5.21 Å². The zero-order valence-electron chi connectivity index (χ0n) is 8.87. The van der Waals surface area contributed by atoms with Crippen molar-refractivity contribution in [3.63, 3.8) is 0 Å². The molecule has 0 radical (unpaired) electrons. The van der Waals surface area contributed by atoms with Gasteiger partial charge in [0, 0.05) is 0 Å². The lowest BCUT2D eigenvalue weighted by Gasteiger charge is -2.35. The smallest absolute Gasteiger partial charge is 0.551 e. The Morgan fingerprint density at radius 2 is 1.20 bits per heavy atom. The van der Waals surface area contributed by atoms with Crippen molar-refractivity contribution >= 4 is 30.2 Å². The van der Waals surface area contributed by atoms with E-state index in [2.05, 4.69) is 0 Å². The molecule has 122 valence electrons. The predicted molar refractivity (Wildman–Crippen MR) is 49.9 cm³/mol. The third-order valence-corrected chi connectivity index (χ3v) is 7.74. The highest BCUT2D eigenvalue weighted by atomic mass is 32.3. The van der Waals surface area contributed by atoms with Crippen molar-refractivity contribution in [1.29, 1.82) is 0 Å². The van der Waals surface area contributed by atoms with Crippen LogP contribution in [-0.4, -0.2) is 50.4 Å². The lowest BCUT2D eigenvalue weighted by atomic mass is 11.5. The maximum absolute atomic E-state index is 12.8. The standard InChI is InChI=1S/C3H4F5NO8S3/c1-9(10,18(11,12)2(4,5)6)19(13,14)3(7,8)20(15,16)17/h1H3,(H,15,16,17). The largest absolute Gasteiger partial charge is 0.601 e. The highest BCUT2D eigenvalue weighted by molar-refractivity contribution is 8.08. The van der Waals surface area contributed by atoms with Gasteiger partial charge in [-0.2, -0.15) is 47.2 Å². The van der Waals surface area contributed by atoms with E-state index in [0.717, 1.165) is 0 Å². The van der Waals surface area contributed by atoms with E-state index < -0.39 is 50.8 Å². The Morgan fingerprint density at radius 1 is 0.900 bits per heavy atom. The fourth-order valence-electron chi connectivity index (χ4n) is 0.643. The monoisotopic (exact) mass is 373 g/mol. The molecule has 0 bridgehead atoms. The molecule has 20 heavy (non-hydrogen) atoms. The molecule has 1 unspecified atom stereocenters. The van der Waals surface area contributed by atoms with Gasteiger partial charge in [-0.3, -0.25) is 4.55 Å². The first-order chi connectivity index (χ1) is 8.25. The Hall–Kier alpha value is -0.620. The topological polar surface area (TPSA) is 146 Å². The zero-order valence-corrected chi connectivity index (χ0v) is 11.3. The van der Waals surface area contributed by atoms with E-state index in [9.17, 15) is 52.4 Å². The van der Waals surface area contributed by atoms with Crippen LogP contribution in [0.4, 0.5) is 22.0 Å². The third kappa shape index (κ3) is 2.37. The summed E-state index contributed by atoms with van der Waals surface area (Å²) >= 11 is 0. The van der Waals surface area contributed by atoms with Gasteiger partial charge >= 0.3 is 40.3 Å². The number of sulfonamides is 2. The zero-order chi connectivity index (χ0) is 17.0. The van der Waals surface area contributed by atoms with E-state index >= 15 is 0 Å². The summed E-state index contributed by atoms with van der Waals surface area (Å²) in [5.41, 5.74) is -6.58. The van der Waals surface area contributed by atoms with Crippen molar-refractivity contribution in [2.24, 2.45) is 0 Å². The summed E-state index contributed by atoms with van der Waals surface area (Å²) in [5.74, 6) is 0. The minimum Gasteiger partial charge on any atom is -0.601 e. The first-order valence-electron chi connectivity index (χ1n) is 3.73. The number of rotatable bonds is 4. The second-order valence-corrected chi connectivity index (χ2v) is 9.33. The first kappa shape index (κ1) is 19.4. The summed E-state index contributed by atoms with van der Waals surface area (Å²) in [6.07, 6.45) is 0. The normalized spacial score (nSPS) is 18.6. The van der Waals surface area contributed by atoms with Crippen LogP contribution in [0.15, 0.2) is 0 Å². The number of hydrogen-bond acceptors (Lipinski definition) is 7. The molecule has 17 heteroatoms. The van der Waals surface area contributed by atoms with Crippen LogP contribution in [0, 0.1) is 5.21 Å². The van der Waals surface area contributed by atoms with Gasteiger partial charge in [0.15, 0.2) is 0 Å². The van der Waals surface area contributed by atoms with E-state index in [0.29, 0.717) is 0 Å². The first-order valence-corrected chi connectivity index (χ1v) is 8.05. The number of hydrogen-bond donors (Lipinski definition) is 1. The van der Waals surface area contributed by atoms with Gasteiger partial charge in [0.1, 0.15) is 0 Å². The van der Waals surface area contributed by atoms with Crippen LogP contribution in [0.1, 0.15) is 0 Å². The molecule has 0 aromatic carbocycles. The van der Waals surface area contributed by atoms with Gasteiger partial charge in [0.25, 0.3) is 0 Å². The van der Waals surface area contributed by atoms with E-state index in [-0.39, 0.29) is 0 Å². The molecule has 0 aromatic heterocycles. The van der Waals surface area contributed by atoms with Gasteiger partial charge in [-0.25, -0.2) is 0 Å². The molecule has 1 N–H and O–H groups in total. The van der Waals surface area contributed by atoms with Crippen molar-refractivity contribution in [2.45, 2.75) is 10.1 Å². The second-order valence-electron chi connectivity index (χ2n) is 3.11. The van der Waals surface area contributed by atoms with E-state index in [1.807, 2.05) is 0 Å². The van der Waals surface area contributed by atoms with Crippen LogP contribution in [0.25, 0.3) is 0 Å². The van der Waals surface area contributed by atoms with Crippen molar-refractivity contribution in [2.75, 3.05) is 7.05 Å². The summed E-state index contributed by atoms with van der Waals surface area (Å²) in [6, 6.07) is 0. The molecule has 0 saturated heterocycles. The molecule has 0 heterocycles. The van der Waals surface area contributed by atoms with Crippen molar-refractivity contribution < 1.29 is 55.2 Å². The van der Waals surface area contributed by atoms with Crippen LogP contribution in [0.5, 0.6) is 0 Å². The van der Waals surface area contributed by atoms with Crippen LogP contribution in [-0.2, 0) is 30.2 Å². The number of quaternary nitrogens is 1. The summed E-state index contributed by atoms with van der Waals surface area (Å²) in [4.78, 5) is 0. The number of alkyl halides is 5. The van der Waals surface area contributed by atoms with Gasteiger partial charge in [-0.1, -0.05) is 0 Å². The lowest BCUT2D eigenvalue weighted by Crippen LogP contribution is -2.60. The molecule has 0 amide bonds. The number of halogens is 5. The summed E-state index contributed by atoms with van der Waals surface area (Å²) in [5, 5.41) is 11.1. The van der Waals surface area contributed by atoms with E-state index in [4.69, 9.17) is 4.55 Å². The Labute approximate surface area is 108 Å². The molecular formula is C3H4F5NO8S3. The minimum absolute atomic E-state index is 0.892. The quantitative estimate of drug-likeness (QED) is 0.302. The summed E-state index contributed by atoms with van der Waals surface area (Å²) in [6.45, 7) is 0. The summed E-state index contributed by atoms with van der Waals surface area (Å²) in [7, 11) is -22.6. The van der Waals surface area contributed by atoms with Crippen molar-refractivity contribution in [3.8, 4) is 0 Å². The Morgan fingerprint density at radius 3 is 1.40 bits per heavy atom. The molecule has 0 saturated carbocycles. The molecule has 0 aliphatic rings. The Bertz CT molecular complexity index is 699. The van der Waals surface area contributed by atoms with Gasteiger partial charge in [-0.15, -0.1) is 3.46 Å². The predicted octanol–water partition coefficient (Wildman–Crippen LogP) is -0.452. The Kier molecular flexibility index (Phi) is 4.30. The second kappa shape index (κ2) is 4.44. The Balaban J connectivity index is 6.56. The fraction of sp³-hybridized carbons (Fsp3) is 1.00. The summed E-state index contributed by atoms with van der Waals surface area (Å²) < 4.78 is 122. The molecule has 0 aromatic rings. The highest BCUT2D eigenvalue weighted by Crippen LogP contribution is 2.40. The minimum atomic E-state index is -7.43. The molecule has 0 aliphatic carbocycles. The van der Waals surface area contributed by atoms with E-state index in [1.165, 1.54) is 0 Å². The molecule has 9 nitrogen and oxygen atoms in total. The van der Waals surface area contributed by atoms with E-state index in [1.54, 1.807) is 0 Å². The van der Waals surface area contributed by atoms with Crippen LogP contribution in [0.2, 0.25) is 0 Å². The molecule has 0 rings (SSSR count). The maximum Gasteiger partial charge on any atom is 0.551 e. The average molecular weight is 373 g/mol. The highest BCUT2D eigenvalue weighted by Gasteiger charge is 2.72. The van der Waals surface area contributed by atoms with Crippen molar-refractivity contribution in [3.05, 3.63) is 5.21 Å². The van der Waals surface area contributed by atoms with Crippen LogP contribution < -0.4 is 0 Å².